The summed E-state index contributed by atoms with van der Waals surface area (Å²) < 4.78 is 1.83. The van der Waals surface area contributed by atoms with Crippen LogP contribution in [-0.4, -0.2) is 26.3 Å². The van der Waals surface area contributed by atoms with Crippen molar-refractivity contribution in [2.24, 2.45) is 13.0 Å². The molecule has 0 aliphatic heterocycles. The molecule has 0 saturated carbocycles. The van der Waals surface area contributed by atoms with Crippen molar-refractivity contribution >= 4 is 16.9 Å². The van der Waals surface area contributed by atoms with Crippen molar-refractivity contribution in [3.05, 3.63) is 12.0 Å². The van der Waals surface area contributed by atoms with E-state index in [4.69, 9.17) is 0 Å². The maximum atomic E-state index is 4.35. The summed E-state index contributed by atoms with van der Waals surface area (Å²) in [6.45, 7) is 7.19. The van der Waals surface area contributed by atoms with Crippen molar-refractivity contribution in [3.8, 4) is 0 Å². The van der Waals surface area contributed by atoms with E-state index in [0.29, 0.717) is 5.92 Å². The van der Waals surface area contributed by atoms with Gasteiger partial charge in [0.15, 0.2) is 5.82 Å². The first-order valence-corrected chi connectivity index (χ1v) is 5.47. The van der Waals surface area contributed by atoms with Gasteiger partial charge in [-0.15, -0.1) is 0 Å². The van der Waals surface area contributed by atoms with Crippen molar-refractivity contribution < 1.29 is 0 Å². The largest absolute Gasteiger partial charge is 0.368 e. The Morgan fingerprint density at radius 3 is 2.81 bits per heavy atom. The summed E-state index contributed by atoms with van der Waals surface area (Å²) >= 11 is 0. The van der Waals surface area contributed by atoms with Crippen molar-refractivity contribution in [1.29, 1.82) is 0 Å². The Bertz CT molecular complexity index is 500. The Morgan fingerprint density at radius 1 is 1.38 bits per heavy atom. The minimum absolute atomic E-state index is 0.583. The number of anilines is 1. The zero-order valence-corrected chi connectivity index (χ0v) is 10.2. The van der Waals surface area contributed by atoms with E-state index >= 15 is 0 Å². The molecule has 0 unspecified atom stereocenters. The van der Waals surface area contributed by atoms with Gasteiger partial charge < -0.3 is 5.32 Å². The van der Waals surface area contributed by atoms with Crippen LogP contribution in [0.3, 0.4) is 0 Å². The monoisotopic (exact) mass is 219 g/mol. The topological polar surface area (TPSA) is 55.6 Å². The molecular formula is C11H17N5. The van der Waals surface area contributed by atoms with E-state index in [1.165, 1.54) is 0 Å². The highest BCUT2D eigenvalue weighted by molar-refractivity contribution is 5.87. The molecule has 0 amide bonds. The van der Waals surface area contributed by atoms with Gasteiger partial charge in [0.25, 0.3) is 0 Å². The Kier molecular flexibility index (Phi) is 2.77. The zero-order chi connectivity index (χ0) is 11.7. The number of aromatic nitrogens is 4. The third-order valence-corrected chi connectivity index (χ3v) is 2.47. The molecule has 0 bridgehead atoms. The van der Waals surface area contributed by atoms with Crippen LogP contribution in [0.5, 0.6) is 0 Å². The molecule has 0 fully saturated rings. The second kappa shape index (κ2) is 4.08. The van der Waals surface area contributed by atoms with Gasteiger partial charge in [-0.25, -0.2) is 9.97 Å². The molecule has 0 radical (unpaired) electrons. The van der Waals surface area contributed by atoms with Gasteiger partial charge in [-0.1, -0.05) is 13.8 Å². The van der Waals surface area contributed by atoms with Crippen LogP contribution in [0.1, 0.15) is 19.5 Å². The zero-order valence-electron chi connectivity index (χ0n) is 10.2. The highest BCUT2D eigenvalue weighted by Crippen LogP contribution is 2.20. The molecule has 0 atom stereocenters. The first-order chi connectivity index (χ1) is 7.59. The van der Waals surface area contributed by atoms with Crippen LogP contribution in [0.2, 0.25) is 0 Å². The van der Waals surface area contributed by atoms with Gasteiger partial charge in [0.05, 0.1) is 5.69 Å². The Hall–Kier alpha value is -1.65. The van der Waals surface area contributed by atoms with E-state index in [9.17, 15) is 0 Å². The quantitative estimate of drug-likeness (QED) is 0.854. The molecule has 2 aromatic heterocycles. The second-order valence-electron chi connectivity index (χ2n) is 4.40. The van der Waals surface area contributed by atoms with E-state index in [1.54, 1.807) is 6.33 Å². The predicted octanol–water partition coefficient (Wildman–Crippen LogP) is 1.74. The molecule has 2 heterocycles. The van der Waals surface area contributed by atoms with Crippen LogP contribution in [0.15, 0.2) is 6.33 Å². The van der Waals surface area contributed by atoms with Crippen LogP contribution in [0.4, 0.5) is 5.82 Å². The van der Waals surface area contributed by atoms with Crippen LogP contribution in [-0.2, 0) is 7.05 Å². The average Bonchev–Trinajstić information content (AvgIpc) is 2.52. The van der Waals surface area contributed by atoms with Crippen LogP contribution < -0.4 is 5.32 Å². The summed E-state index contributed by atoms with van der Waals surface area (Å²) in [7, 11) is 1.92. The van der Waals surface area contributed by atoms with Crippen molar-refractivity contribution in [1.82, 2.24) is 19.7 Å². The fourth-order valence-electron chi connectivity index (χ4n) is 1.70. The van der Waals surface area contributed by atoms with Crippen LogP contribution in [0.25, 0.3) is 11.0 Å². The maximum absolute atomic E-state index is 4.35. The van der Waals surface area contributed by atoms with Gasteiger partial charge in [0, 0.05) is 13.6 Å². The third kappa shape index (κ3) is 1.85. The number of fused-ring (bicyclic) bond motifs is 1. The normalized spacial score (nSPS) is 11.3. The summed E-state index contributed by atoms with van der Waals surface area (Å²) in [5.74, 6) is 1.45. The van der Waals surface area contributed by atoms with Crippen molar-refractivity contribution in [3.63, 3.8) is 0 Å². The fraction of sp³-hybridized carbons (Fsp3) is 0.545. The van der Waals surface area contributed by atoms with Gasteiger partial charge in [0.2, 0.25) is 0 Å². The Labute approximate surface area is 94.9 Å². The molecule has 16 heavy (non-hydrogen) atoms. The molecule has 5 heteroatoms. The lowest BCUT2D eigenvalue weighted by Gasteiger charge is -2.09. The minimum Gasteiger partial charge on any atom is -0.368 e. The van der Waals surface area contributed by atoms with Crippen LogP contribution in [0, 0.1) is 12.8 Å². The lowest BCUT2D eigenvalue weighted by molar-refractivity contribution is 0.686. The van der Waals surface area contributed by atoms with Gasteiger partial charge in [0.1, 0.15) is 17.4 Å². The Balaban J connectivity index is 2.45. The maximum Gasteiger partial charge on any atom is 0.155 e. The Morgan fingerprint density at radius 2 is 2.12 bits per heavy atom. The first-order valence-electron chi connectivity index (χ1n) is 5.47. The summed E-state index contributed by atoms with van der Waals surface area (Å²) in [6.07, 6.45) is 1.58. The second-order valence-corrected chi connectivity index (χ2v) is 4.40. The smallest absolute Gasteiger partial charge is 0.155 e. The van der Waals surface area contributed by atoms with E-state index < -0.39 is 0 Å². The SMILES string of the molecule is Cc1nn(C)c2c(NCC(C)C)ncnc12. The lowest BCUT2D eigenvalue weighted by atomic mass is 10.2. The number of hydrogen-bond acceptors (Lipinski definition) is 4. The summed E-state index contributed by atoms with van der Waals surface area (Å²) in [6, 6.07) is 0. The number of nitrogens with zero attached hydrogens (tertiary/aromatic N) is 4. The third-order valence-electron chi connectivity index (χ3n) is 2.47. The van der Waals surface area contributed by atoms with Crippen molar-refractivity contribution in [2.75, 3.05) is 11.9 Å². The summed E-state index contributed by atoms with van der Waals surface area (Å²) in [5.41, 5.74) is 2.83. The molecule has 86 valence electrons. The van der Waals surface area contributed by atoms with E-state index in [2.05, 4.69) is 34.2 Å². The van der Waals surface area contributed by atoms with E-state index in [1.807, 2.05) is 18.7 Å². The van der Waals surface area contributed by atoms with Gasteiger partial charge in [-0.3, -0.25) is 4.68 Å². The van der Waals surface area contributed by atoms with E-state index in [0.717, 1.165) is 29.1 Å². The number of aryl methyl sites for hydroxylation is 2. The molecule has 0 aliphatic carbocycles. The molecule has 0 aromatic carbocycles. The molecule has 0 aliphatic rings. The molecule has 2 rings (SSSR count). The minimum atomic E-state index is 0.583. The average molecular weight is 219 g/mol. The highest BCUT2D eigenvalue weighted by Gasteiger charge is 2.11. The van der Waals surface area contributed by atoms with Gasteiger partial charge in [-0.2, -0.15) is 5.10 Å². The number of hydrogen-bond donors (Lipinski definition) is 1. The van der Waals surface area contributed by atoms with Crippen LogP contribution >= 0.6 is 0 Å². The molecule has 5 nitrogen and oxygen atoms in total. The lowest BCUT2D eigenvalue weighted by Crippen LogP contribution is -2.10. The van der Waals surface area contributed by atoms with Gasteiger partial charge in [-0.05, 0) is 12.8 Å². The number of nitrogens with one attached hydrogen (secondary N) is 1. The molecular weight excluding hydrogens is 202 g/mol. The highest BCUT2D eigenvalue weighted by atomic mass is 15.3. The molecule has 2 aromatic rings. The molecule has 0 spiro atoms. The molecule has 1 N–H and O–H groups in total. The predicted molar refractivity (Wildman–Crippen MR) is 64.4 cm³/mol. The number of rotatable bonds is 3. The van der Waals surface area contributed by atoms with Crippen molar-refractivity contribution in [2.45, 2.75) is 20.8 Å². The van der Waals surface area contributed by atoms with Gasteiger partial charge >= 0.3 is 0 Å². The van der Waals surface area contributed by atoms with E-state index in [-0.39, 0.29) is 0 Å². The summed E-state index contributed by atoms with van der Waals surface area (Å²) in [4.78, 5) is 8.52. The first kappa shape index (κ1) is 10.9. The fourth-order valence-corrected chi connectivity index (χ4v) is 1.70. The summed E-state index contributed by atoms with van der Waals surface area (Å²) in [5, 5.41) is 7.68. The molecule has 0 saturated heterocycles. The standard InChI is InChI=1S/C11H17N5/c1-7(2)5-12-11-10-9(13-6-14-11)8(3)15-16(10)4/h6-7H,5H2,1-4H3,(H,12,13,14).